The van der Waals surface area contributed by atoms with Crippen LogP contribution in [0.5, 0.6) is 0 Å². The standard InChI is InChI=1S/C15H23N3O2S/c1-3-4-8-18(2)9-12(19)17-15-13(14(16)20)10-6-5-7-11(10)21-15/h3-9H2,1-2H3,(H2,16,20)(H,17,19). The van der Waals surface area contributed by atoms with Crippen LogP contribution in [0.3, 0.4) is 0 Å². The Morgan fingerprint density at radius 1 is 1.38 bits per heavy atom. The van der Waals surface area contributed by atoms with Crippen molar-refractivity contribution in [3.8, 4) is 0 Å². The molecule has 0 bridgehead atoms. The van der Waals surface area contributed by atoms with Crippen LogP contribution in [0.4, 0.5) is 5.00 Å². The van der Waals surface area contributed by atoms with Gasteiger partial charge in [0.15, 0.2) is 0 Å². The Labute approximate surface area is 129 Å². The van der Waals surface area contributed by atoms with Gasteiger partial charge < -0.3 is 11.1 Å². The monoisotopic (exact) mass is 309 g/mol. The molecular weight excluding hydrogens is 286 g/mol. The van der Waals surface area contributed by atoms with Crippen LogP contribution in [0.1, 0.15) is 47.0 Å². The summed E-state index contributed by atoms with van der Waals surface area (Å²) >= 11 is 1.50. The van der Waals surface area contributed by atoms with Gasteiger partial charge in [-0.25, -0.2) is 0 Å². The summed E-state index contributed by atoms with van der Waals surface area (Å²) in [5.74, 6) is -0.528. The third kappa shape index (κ3) is 3.83. The van der Waals surface area contributed by atoms with Crippen molar-refractivity contribution in [3.05, 3.63) is 16.0 Å². The minimum atomic E-state index is -0.441. The number of unbranched alkanes of at least 4 members (excludes halogenated alkanes) is 1. The average molecular weight is 309 g/mol. The molecule has 1 aliphatic carbocycles. The maximum absolute atomic E-state index is 12.1. The lowest BCUT2D eigenvalue weighted by Gasteiger charge is -2.15. The topological polar surface area (TPSA) is 75.4 Å². The lowest BCUT2D eigenvalue weighted by molar-refractivity contribution is -0.117. The molecule has 6 heteroatoms. The van der Waals surface area contributed by atoms with Gasteiger partial charge >= 0.3 is 0 Å². The van der Waals surface area contributed by atoms with Crippen LogP contribution >= 0.6 is 11.3 Å². The van der Waals surface area contributed by atoms with Crippen molar-refractivity contribution in [2.24, 2.45) is 5.73 Å². The first-order chi connectivity index (χ1) is 10.0. The second-order valence-corrected chi connectivity index (χ2v) is 6.67. The van der Waals surface area contributed by atoms with Crippen LogP contribution in [0.2, 0.25) is 0 Å². The van der Waals surface area contributed by atoms with E-state index in [4.69, 9.17) is 5.73 Å². The van der Waals surface area contributed by atoms with Crippen molar-refractivity contribution in [2.45, 2.75) is 39.0 Å². The van der Waals surface area contributed by atoms with E-state index in [0.29, 0.717) is 17.1 Å². The number of amides is 2. The van der Waals surface area contributed by atoms with E-state index in [1.807, 2.05) is 11.9 Å². The van der Waals surface area contributed by atoms with E-state index >= 15 is 0 Å². The number of likely N-dealkylation sites (N-methyl/N-ethyl adjacent to an activating group) is 1. The Kier molecular flexibility index (Phi) is 5.36. The molecule has 1 aromatic heterocycles. The largest absolute Gasteiger partial charge is 0.365 e. The fourth-order valence-corrected chi connectivity index (χ4v) is 3.98. The van der Waals surface area contributed by atoms with E-state index in [-0.39, 0.29) is 5.91 Å². The molecule has 0 spiro atoms. The molecule has 116 valence electrons. The first-order valence-electron chi connectivity index (χ1n) is 7.45. The molecular formula is C15H23N3O2S. The number of carbonyl (C=O) groups excluding carboxylic acids is 2. The van der Waals surface area contributed by atoms with E-state index in [1.54, 1.807) is 0 Å². The number of aryl methyl sites for hydroxylation is 1. The van der Waals surface area contributed by atoms with Gasteiger partial charge in [-0.3, -0.25) is 14.5 Å². The number of hydrogen-bond acceptors (Lipinski definition) is 4. The summed E-state index contributed by atoms with van der Waals surface area (Å²) < 4.78 is 0. The van der Waals surface area contributed by atoms with Gasteiger partial charge in [-0.15, -0.1) is 11.3 Å². The molecule has 0 fully saturated rings. The normalized spacial score (nSPS) is 13.5. The second-order valence-electron chi connectivity index (χ2n) is 5.57. The predicted octanol–water partition coefficient (Wildman–Crippen LogP) is 2.01. The smallest absolute Gasteiger partial charge is 0.251 e. The van der Waals surface area contributed by atoms with Gasteiger partial charge in [-0.1, -0.05) is 13.3 Å². The minimum Gasteiger partial charge on any atom is -0.365 e. The molecule has 0 atom stereocenters. The van der Waals surface area contributed by atoms with Crippen LogP contribution in [-0.4, -0.2) is 36.9 Å². The highest BCUT2D eigenvalue weighted by atomic mass is 32.1. The summed E-state index contributed by atoms with van der Waals surface area (Å²) in [6.45, 7) is 3.36. The molecule has 2 amide bonds. The molecule has 0 saturated heterocycles. The van der Waals surface area contributed by atoms with Crippen molar-refractivity contribution < 1.29 is 9.59 Å². The fraction of sp³-hybridized carbons (Fsp3) is 0.600. The van der Waals surface area contributed by atoms with E-state index in [2.05, 4.69) is 12.2 Å². The van der Waals surface area contributed by atoms with Crippen molar-refractivity contribution in [1.29, 1.82) is 0 Å². The molecule has 0 saturated carbocycles. The number of fused-ring (bicyclic) bond motifs is 1. The number of hydrogen-bond donors (Lipinski definition) is 2. The zero-order valence-electron chi connectivity index (χ0n) is 12.7. The number of nitrogens with two attached hydrogens (primary N) is 1. The third-order valence-corrected chi connectivity index (χ3v) is 4.93. The summed E-state index contributed by atoms with van der Waals surface area (Å²) in [6, 6.07) is 0. The van der Waals surface area contributed by atoms with E-state index in [0.717, 1.165) is 44.2 Å². The summed E-state index contributed by atoms with van der Waals surface area (Å²) in [5.41, 5.74) is 7.05. The Balaban J connectivity index is 2.03. The highest BCUT2D eigenvalue weighted by Crippen LogP contribution is 2.38. The highest BCUT2D eigenvalue weighted by Gasteiger charge is 2.26. The first kappa shape index (κ1) is 16.0. The van der Waals surface area contributed by atoms with Gasteiger partial charge in [-0.05, 0) is 44.8 Å². The SMILES string of the molecule is CCCCN(C)CC(=O)Nc1sc2c(c1C(N)=O)CCC2. The van der Waals surface area contributed by atoms with Crippen LogP contribution in [-0.2, 0) is 17.6 Å². The van der Waals surface area contributed by atoms with Gasteiger partial charge in [0.05, 0.1) is 12.1 Å². The Hall–Kier alpha value is -1.40. The molecule has 0 aliphatic heterocycles. The first-order valence-corrected chi connectivity index (χ1v) is 8.27. The molecule has 3 N–H and O–H groups in total. The number of rotatable bonds is 7. The molecule has 1 aromatic rings. The Morgan fingerprint density at radius 2 is 2.14 bits per heavy atom. The molecule has 1 heterocycles. The van der Waals surface area contributed by atoms with Gasteiger partial charge in [0, 0.05) is 4.88 Å². The zero-order chi connectivity index (χ0) is 15.4. The molecule has 2 rings (SSSR count). The molecule has 0 unspecified atom stereocenters. The molecule has 21 heavy (non-hydrogen) atoms. The molecule has 0 aromatic carbocycles. The van der Waals surface area contributed by atoms with Crippen molar-refractivity contribution in [1.82, 2.24) is 4.90 Å². The van der Waals surface area contributed by atoms with Crippen molar-refractivity contribution in [3.63, 3.8) is 0 Å². The molecule has 5 nitrogen and oxygen atoms in total. The number of primary amides is 1. The van der Waals surface area contributed by atoms with Gasteiger partial charge in [0.1, 0.15) is 5.00 Å². The van der Waals surface area contributed by atoms with Gasteiger partial charge in [0.25, 0.3) is 5.91 Å². The van der Waals surface area contributed by atoms with Crippen LogP contribution in [0.15, 0.2) is 0 Å². The Morgan fingerprint density at radius 3 is 2.81 bits per heavy atom. The number of nitrogens with zero attached hydrogens (tertiary/aromatic N) is 1. The minimum absolute atomic E-state index is 0.0870. The van der Waals surface area contributed by atoms with Crippen LogP contribution < -0.4 is 11.1 Å². The van der Waals surface area contributed by atoms with E-state index < -0.39 is 5.91 Å². The van der Waals surface area contributed by atoms with Crippen molar-refractivity contribution in [2.75, 3.05) is 25.5 Å². The van der Waals surface area contributed by atoms with Gasteiger partial charge in [-0.2, -0.15) is 0 Å². The zero-order valence-corrected chi connectivity index (χ0v) is 13.5. The Bertz CT molecular complexity index is 539. The van der Waals surface area contributed by atoms with Crippen LogP contribution in [0, 0.1) is 0 Å². The fourth-order valence-electron chi connectivity index (χ4n) is 2.67. The van der Waals surface area contributed by atoms with Crippen LogP contribution in [0.25, 0.3) is 0 Å². The maximum Gasteiger partial charge on any atom is 0.251 e. The highest BCUT2D eigenvalue weighted by molar-refractivity contribution is 7.17. The maximum atomic E-state index is 12.1. The summed E-state index contributed by atoms with van der Waals surface area (Å²) in [6.07, 6.45) is 5.11. The second kappa shape index (κ2) is 7.04. The summed E-state index contributed by atoms with van der Waals surface area (Å²) in [4.78, 5) is 26.9. The lowest BCUT2D eigenvalue weighted by Crippen LogP contribution is -2.31. The lowest BCUT2D eigenvalue weighted by atomic mass is 10.1. The van der Waals surface area contributed by atoms with Gasteiger partial charge in [0.2, 0.25) is 5.91 Å². The van der Waals surface area contributed by atoms with Crippen molar-refractivity contribution >= 4 is 28.2 Å². The summed E-state index contributed by atoms with van der Waals surface area (Å²) in [5, 5.41) is 3.49. The number of thiophene rings is 1. The quantitative estimate of drug-likeness (QED) is 0.809. The number of carbonyl (C=O) groups is 2. The van der Waals surface area contributed by atoms with E-state index in [1.165, 1.54) is 16.2 Å². The predicted molar refractivity (Wildman–Crippen MR) is 85.9 cm³/mol. The van der Waals surface area contributed by atoms with E-state index in [9.17, 15) is 9.59 Å². The molecule has 1 aliphatic rings. The average Bonchev–Trinajstić information content (AvgIpc) is 2.95. The number of anilines is 1. The number of nitrogens with one attached hydrogen (secondary N) is 1. The third-order valence-electron chi connectivity index (χ3n) is 3.73. The summed E-state index contributed by atoms with van der Waals surface area (Å²) in [7, 11) is 1.93. The molecule has 0 radical (unpaired) electrons.